The van der Waals surface area contributed by atoms with Gasteiger partial charge in [-0.25, -0.2) is 4.98 Å². The standard InChI is InChI=1S/C14H17N3S/c1-2-11-6-16-14(18-11)9-17-7-10-4-3-5-13(15)12(10)8-17/h3-6H,2,7-9,15H2,1H3. The van der Waals surface area contributed by atoms with E-state index in [1.165, 1.54) is 21.0 Å². The molecule has 3 nitrogen and oxygen atoms in total. The van der Waals surface area contributed by atoms with E-state index in [2.05, 4.69) is 22.9 Å². The first-order chi connectivity index (χ1) is 8.76. The Bertz CT molecular complexity index is 562. The van der Waals surface area contributed by atoms with Crippen molar-refractivity contribution >= 4 is 17.0 Å². The molecule has 1 aromatic carbocycles. The molecular formula is C14H17N3S. The number of rotatable bonds is 3. The van der Waals surface area contributed by atoms with E-state index in [0.717, 1.165) is 31.7 Å². The third kappa shape index (κ3) is 2.13. The summed E-state index contributed by atoms with van der Waals surface area (Å²) in [5, 5.41) is 1.21. The molecule has 0 spiro atoms. The van der Waals surface area contributed by atoms with Crippen LogP contribution in [0.3, 0.4) is 0 Å². The largest absolute Gasteiger partial charge is 0.398 e. The highest BCUT2D eigenvalue weighted by atomic mass is 32.1. The summed E-state index contributed by atoms with van der Waals surface area (Å²) in [5.74, 6) is 0. The van der Waals surface area contributed by atoms with Gasteiger partial charge >= 0.3 is 0 Å². The highest BCUT2D eigenvalue weighted by molar-refractivity contribution is 7.11. The molecule has 0 fully saturated rings. The molecule has 0 atom stereocenters. The minimum Gasteiger partial charge on any atom is -0.398 e. The van der Waals surface area contributed by atoms with Crippen molar-refractivity contribution in [2.24, 2.45) is 0 Å². The Balaban J connectivity index is 1.72. The number of benzene rings is 1. The average Bonchev–Trinajstić information content (AvgIpc) is 2.96. The number of aryl methyl sites for hydroxylation is 1. The maximum absolute atomic E-state index is 6.01. The third-order valence-electron chi connectivity index (χ3n) is 3.39. The zero-order valence-corrected chi connectivity index (χ0v) is 11.3. The first-order valence-electron chi connectivity index (χ1n) is 6.28. The van der Waals surface area contributed by atoms with Crippen molar-refractivity contribution in [3.05, 3.63) is 45.4 Å². The van der Waals surface area contributed by atoms with Crippen molar-refractivity contribution in [1.29, 1.82) is 0 Å². The van der Waals surface area contributed by atoms with Crippen LogP contribution in [0, 0.1) is 0 Å². The summed E-state index contributed by atoms with van der Waals surface area (Å²) in [5.41, 5.74) is 9.59. The van der Waals surface area contributed by atoms with Crippen LogP contribution in [0.15, 0.2) is 24.4 Å². The lowest BCUT2D eigenvalue weighted by molar-refractivity contribution is 0.275. The monoisotopic (exact) mass is 259 g/mol. The lowest BCUT2D eigenvalue weighted by Gasteiger charge is -2.12. The van der Waals surface area contributed by atoms with E-state index in [-0.39, 0.29) is 0 Å². The Kier molecular flexibility index (Phi) is 3.06. The number of nitrogens with zero attached hydrogens (tertiary/aromatic N) is 2. The number of hydrogen-bond donors (Lipinski definition) is 1. The molecule has 1 aromatic heterocycles. The maximum Gasteiger partial charge on any atom is 0.107 e. The minimum absolute atomic E-state index is 0.920. The van der Waals surface area contributed by atoms with E-state index in [1.54, 1.807) is 0 Å². The number of anilines is 1. The van der Waals surface area contributed by atoms with Crippen molar-refractivity contribution in [3.8, 4) is 0 Å². The van der Waals surface area contributed by atoms with Crippen LogP contribution in [-0.2, 0) is 26.1 Å². The van der Waals surface area contributed by atoms with Gasteiger partial charge in [-0.05, 0) is 23.6 Å². The van der Waals surface area contributed by atoms with Gasteiger partial charge < -0.3 is 5.73 Å². The molecule has 3 rings (SSSR count). The van der Waals surface area contributed by atoms with Gasteiger partial charge in [0.25, 0.3) is 0 Å². The zero-order valence-electron chi connectivity index (χ0n) is 10.5. The minimum atomic E-state index is 0.920. The quantitative estimate of drug-likeness (QED) is 0.862. The second kappa shape index (κ2) is 4.71. The molecule has 2 N–H and O–H groups in total. The van der Waals surface area contributed by atoms with E-state index >= 15 is 0 Å². The summed E-state index contributed by atoms with van der Waals surface area (Å²) in [6.45, 7) is 5.03. The Labute approximate surface area is 111 Å². The first kappa shape index (κ1) is 11.7. The van der Waals surface area contributed by atoms with Crippen LogP contribution in [0.4, 0.5) is 5.69 Å². The maximum atomic E-state index is 6.01. The molecule has 1 aliphatic rings. The molecule has 18 heavy (non-hydrogen) atoms. The van der Waals surface area contributed by atoms with Crippen LogP contribution in [0.2, 0.25) is 0 Å². The first-order valence-corrected chi connectivity index (χ1v) is 7.10. The number of aromatic nitrogens is 1. The van der Waals surface area contributed by atoms with Gasteiger partial charge in [-0.15, -0.1) is 11.3 Å². The van der Waals surface area contributed by atoms with Crippen LogP contribution >= 0.6 is 11.3 Å². The molecule has 2 aromatic rings. The van der Waals surface area contributed by atoms with Gasteiger partial charge in [0, 0.05) is 29.9 Å². The van der Waals surface area contributed by atoms with Crippen LogP contribution in [0.1, 0.15) is 27.9 Å². The molecule has 4 heteroatoms. The lowest BCUT2D eigenvalue weighted by Crippen LogP contribution is -2.15. The van der Waals surface area contributed by atoms with E-state index in [4.69, 9.17) is 5.73 Å². The van der Waals surface area contributed by atoms with E-state index in [0.29, 0.717) is 0 Å². The normalized spacial score (nSPS) is 14.9. The summed E-state index contributed by atoms with van der Waals surface area (Å²) in [4.78, 5) is 8.25. The Morgan fingerprint density at radius 1 is 1.39 bits per heavy atom. The molecule has 0 unspecified atom stereocenters. The summed E-state index contributed by atoms with van der Waals surface area (Å²) in [7, 11) is 0. The second-order valence-electron chi connectivity index (χ2n) is 4.70. The fourth-order valence-corrected chi connectivity index (χ4v) is 3.31. The third-order valence-corrected chi connectivity index (χ3v) is 4.52. The van der Waals surface area contributed by atoms with Gasteiger partial charge in [0.15, 0.2) is 0 Å². The number of fused-ring (bicyclic) bond motifs is 1. The topological polar surface area (TPSA) is 42.2 Å². The zero-order chi connectivity index (χ0) is 12.5. The Morgan fingerprint density at radius 3 is 3.00 bits per heavy atom. The number of nitrogen functional groups attached to an aromatic ring is 1. The van der Waals surface area contributed by atoms with E-state index in [1.807, 2.05) is 29.7 Å². The van der Waals surface area contributed by atoms with Crippen molar-refractivity contribution in [2.45, 2.75) is 33.0 Å². The Hall–Kier alpha value is -1.39. The molecule has 0 saturated heterocycles. The summed E-state index contributed by atoms with van der Waals surface area (Å²) in [6, 6.07) is 6.20. The fourth-order valence-electron chi connectivity index (χ4n) is 2.40. The molecule has 1 aliphatic heterocycles. The van der Waals surface area contributed by atoms with Gasteiger partial charge in [0.05, 0.1) is 6.54 Å². The predicted molar refractivity (Wildman–Crippen MR) is 75.3 cm³/mol. The summed E-state index contributed by atoms with van der Waals surface area (Å²) >= 11 is 1.82. The van der Waals surface area contributed by atoms with Crippen molar-refractivity contribution in [1.82, 2.24) is 9.88 Å². The molecule has 0 amide bonds. The predicted octanol–water partition coefficient (Wildman–Crippen LogP) is 2.80. The highest BCUT2D eigenvalue weighted by Gasteiger charge is 2.21. The van der Waals surface area contributed by atoms with Gasteiger partial charge in [0.1, 0.15) is 5.01 Å². The number of thiazole rings is 1. The van der Waals surface area contributed by atoms with Gasteiger partial charge in [-0.2, -0.15) is 0 Å². The van der Waals surface area contributed by atoms with Crippen LogP contribution in [0.25, 0.3) is 0 Å². The molecule has 0 aliphatic carbocycles. The highest BCUT2D eigenvalue weighted by Crippen LogP contribution is 2.29. The van der Waals surface area contributed by atoms with Crippen molar-refractivity contribution in [2.75, 3.05) is 5.73 Å². The van der Waals surface area contributed by atoms with Crippen LogP contribution < -0.4 is 5.73 Å². The number of nitrogens with two attached hydrogens (primary N) is 1. The number of hydrogen-bond acceptors (Lipinski definition) is 4. The molecule has 0 radical (unpaired) electrons. The van der Waals surface area contributed by atoms with Crippen molar-refractivity contribution < 1.29 is 0 Å². The molecule has 94 valence electrons. The van der Waals surface area contributed by atoms with Crippen LogP contribution in [0.5, 0.6) is 0 Å². The van der Waals surface area contributed by atoms with Crippen LogP contribution in [-0.4, -0.2) is 9.88 Å². The van der Waals surface area contributed by atoms with Gasteiger partial charge in [-0.3, -0.25) is 4.90 Å². The molecule has 0 bridgehead atoms. The average molecular weight is 259 g/mol. The molecular weight excluding hydrogens is 242 g/mol. The van der Waals surface area contributed by atoms with Crippen molar-refractivity contribution in [3.63, 3.8) is 0 Å². The Morgan fingerprint density at radius 2 is 2.28 bits per heavy atom. The molecule has 0 saturated carbocycles. The lowest BCUT2D eigenvalue weighted by atomic mass is 10.1. The van der Waals surface area contributed by atoms with E-state index < -0.39 is 0 Å². The van der Waals surface area contributed by atoms with Gasteiger partial charge in [-0.1, -0.05) is 19.1 Å². The van der Waals surface area contributed by atoms with E-state index in [9.17, 15) is 0 Å². The molecule has 2 heterocycles. The fraction of sp³-hybridized carbons (Fsp3) is 0.357. The summed E-state index contributed by atoms with van der Waals surface area (Å²) in [6.07, 6.45) is 3.07. The summed E-state index contributed by atoms with van der Waals surface area (Å²) < 4.78 is 0. The smallest absolute Gasteiger partial charge is 0.107 e. The second-order valence-corrected chi connectivity index (χ2v) is 5.90. The SMILES string of the molecule is CCc1cnc(CN2Cc3cccc(N)c3C2)s1. The van der Waals surface area contributed by atoms with Gasteiger partial charge in [0.2, 0.25) is 0 Å².